The number of aliphatic carboxylic acids is 1. The number of rotatable bonds is 8. The lowest BCUT2D eigenvalue weighted by Crippen LogP contribution is -2.24. The van der Waals surface area contributed by atoms with Crippen molar-refractivity contribution in [1.82, 2.24) is 4.98 Å². The minimum atomic E-state index is -0.696. The Kier molecular flexibility index (Phi) is 5.23. The van der Waals surface area contributed by atoms with E-state index in [2.05, 4.69) is 42.2 Å². The molecule has 0 saturated heterocycles. The number of hydrogen-bond acceptors (Lipinski definition) is 5. The molecule has 2 aliphatic rings. The first-order chi connectivity index (χ1) is 15.9. The molecule has 3 unspecified atom stereocenters. The maximum Gasteiger partial charge on any atom is 0.307 e. The predicted molar refractivity (Wildman–Crippen MR) is 126 cm³/mol. The van der Waals surface area contributed by atoms with Gasteiger partial charge in [-0.15, -0.1) is 0 Å². The van der Waals surface area contributed by atoms with Crippen LogP contribution in [0.1, 0.15) is 29.2 Å². The molecule has 0 radical (unpaired) electrons. The van der Waals surface area contributed by atoms with Gasteiger partial charge in [-0.25, -0.2) is 4.98 Å². The highest BCUT2D eigenvalue weighted by atomic mass is 16.5. The van der Waals surface area contributed by atoms with E-state index >= 15 is 0 Å². The Balaban J connectivity index is 1.44. The number of aromatic nitrogens is 1. The Morgan fingerprint density at radius 1 is 1.03 bits per heavy atom. The van der Waals surface area contributed by atoms with E-state index in [-0.39, 0.29) is 17.3 Å². The summed E-state index contributed by atoms with van der Waals surface area (Å²) < 4.78 is 10.6. The summed E-state index contributed by atoms with van der Waals surface area (Å²) in [6, 6.07) is 18.3. The van der Waals surface area contributed by atoms with Crippen LogP contribution in [0.5, 0.6) is 11.5 Å². The quantitative estimate of drug-likeness (QED) is 0.554. The normalized spacial score (nSPS) is 22.3. The van der Waals surface area contributed by atoms with Crippen molar-refractivity contribution in [2.24, 2.45) is 11.8 Å². The highest BCUT2D eigenvalue weighted by Crippen LogP contribution is 2.66. The van der Waals surface area contributed by atoms with Crippen LogP contribution < -0.4 is 14.4 Å². The van der Waals surface area contributed by atoms with E-state index in [4.69, 9.17) is 14.5 Å². The highest BCUT2D eigenvalue weighted by molar-refractivity contribution is 5.80. The van der Waals surface area contributed by atoms with Gasteiger partial charge in [0.05, 0.1) is 20.1 Å². The Bertz CT molecular complexity index is 1130. The van der Waals surface area contributed by atoms with E-state index in [1.807, 2.05) is 30.5 Å². The van der Waals surface area contributed by atoms with E-state index in [1.165, 1.54) is 5.56 Å². The van der Waals surface area contributed by atoms with Crippen LogP contribution in [-0.4, -0.2) is 30.3 Å². The summed E-state index contributed by atoms with van der Waals surface area (Å²) in [6.45, 7) is 3.45. The minimum absolute atomic E-state index is 0.179. The van der Waals surface area contributed by atoms with E-state index in [1.54, 1.807) is 14.2 Å². The Morgan fingerprint density at radius 2 is 1.58 bits per heavy atom. The lowest BCUT2D eigenvalue weighted by atomic mass is 9.95. The highest BCUT2D eigenvalue weighted by Gasteiger charge is 2.69. The Morgan fingerprint density at radius 3 is 2.06 bits per heavy atom. The molecule has 0 amide bonds. The van der Waals surface area contributed by atoms with Crippen molar-refractivity contribution in [2.75, 3.05) is 19.1 Å². The predicted octanol–water partition coefficient (Wildman–Crippen LogP) is 4.45. The van der Waals surface area contributed by atoms with Crippen molar-refractivity contribution in [3.05, 3.63) is 83.0 Å². The maximum atomic E-state index is 11.6. The second-order valence-electron chi connectivity index (χ2n) is 9.16. The molecular weight excluding hydrogens is 416 g/mol. The topological polar surface area (TPSA) is 71.9 Å². The molecule has 3 aromatic rings. The first kappa shape index (κ1) is 21.3. The molecule has 1 aromatic heterocycles. The maximum absolute atomic E-state index is 11.6. The number of methoxy groups -OCH3 is 2. The fourth-order valence-electron chi connectivity index (χ4n) is 5.40. The Hall–Kier alpha value is -3.54. The molecule has 170 valence electrons. The molecule has 0 aliphatic heterocycles. The zero-order chi connectivity index (χ0) is 23.2. The zero-order valence-electron chi connectivity index (χ0n) is 19.1. The van der Waals surface area contributed by atoms with Gasteiger partial charge >= 0.3 is 5.97 Å². The van der Waals surface area contributed by atoms with Gasteiger partial charge in [0.15, 0.2) is 0 Å². The summed E-state index contributed by atoms with van der Waals surface area (Å²) in [6.07, 6.45) is 2.71. The second-order valence-corrected chi connectivity index (χ2v) is 9.16. The summed E-state index contributed by atoms with van der Waals surface area (Å²) in [5.41, 5.74) is 4.36. The van der Waals surface area contributed by atoms with Gasteiger partial charge in [0, 0.05) is 24.7 Å². The van der Waals surface area contributed by atoms with Crippen molar-refractivity contribution in [3.8, 4) is 11.5 Å². The van der Waals surface area contributed by atoms with Gasteiger partial charge in [-0.1, -0.05) is 31.2 Å². The van der Waals surface area contributed by atoms with Crippen LogP contribution in [0.3, 0.4) is 0 Å². The molecule has 1 heterocycles. The third-order valence-corrected chi connectivity index (χ3v) is 7.36. The number of benzene rings is 2. The average Bonchev–Trinajstić information content (AvgIpc) is 3.32. The van der Waals surface area contributed by atoms with Gasteiger partial charge in [0.2, 0.25) is 0 Å². The molecular formula is C27H28N2O4. The lowest BCUT2D eigenvalue weighted by molar-refractivity contribution is -0.139. The average molecular weight is 445 g/mol. The molecule has 1 N–H and O–H groups in total. The van der Waals surface area contributed by atoms with E-state index in [0.717, 1.165) is 40.4 Å². The number of carboxylic acids is 1. The van der Waals surface area contributed by atoms with E-state index in [9.17, 15) is 9.90 Å². The summed E-state index contributed by atoms with van der Waals surface area (Å²) in [5, 5.41) is 9.55. The molecule has 6 heteroatoms. The van der Waals surface area contributed by atoms with Gasteiger partial charge in [-0.2, -0.15) is 0 Å². The molecule has 0 spiro atoms. The van der Waals surface area contributed by atoms with Crippen LogP contribution in [-0.2, 0) is 29.7 Å². The largest absolute Gasteiger partial charge is 0.497 e. The van der Waals surface area contributed by atoms with Gasteiger partial charge in [0.25, 0.3) is 0 Å². The number of nitrogens with zero attached hydrogens (tertiary/aromatic N) is 2. The summed E-state index contributed by atoms with van der Waals surface area (Å²) >= 11 is 0. The molecule has 1 fully saturated rings. The van der Waals surface area contributed by atoms with Crippen molar-refractivity contribution < 1.29 is 19.4 Å². The van der Waals surface area contributed by atoms with Gasteiger partial charge in [-0.3, -0.25) is 4.79 Å². The lowest BCUT2D eigenvalue weighted by Gasteiger charge is -2.25. The van der Waals surface area contributed by atoms with Crippen molar-refractivity contribution in [1.29, 1.82) is 0 Å². The third-order valence-electron chi connectivity index (χ3n) is 7.36. The SMILES string of the molecule is COc1ccc(CN(Cc2ccc(OC)cc2)c2cc3c(cn2)C2(C)C(C3)C2C(=O)O)cc1. The fourth-order valence-corrected chi connectivity index (χ4v) is 5.40. The van der Waals surface area contributed by atoms with Crippen LogP contribution in [0.2, 0.25) is 0 Å². The van der Waals surface area contributed by atoms with Gasteiger partial charge in [-0.05, 0) is 64.9 Å². The molecule has 1 saturated carbocycles. The van der Waals surface area contributed by atoms with Crippen molar-refractivity contribution >= 4 is 11.8 Å². The summed E-state index contributed by atoms with van der Waals surface area (Å²) in [7, 11) is 3.33. The van der Waals surface area contributed by atoms with Crippen LogP contribution in [0.15, 0.2) is 60.8 Å². The van der Waals surface area contributed by atoms with Gasteiger partial charge < -0.3 is 19.5 Å². The Labute approximate surface area is 193 Å². The third kappa shape index (κ3) is 3.69. The van der Waals surface area contributed by atoms with Crippen LogP contribution in [0.25, 0.3) is 0 Å². The van der Waals surface area contributed by atoms with Crippen LogP contribution >= 0.6 is 0 Å². The molecule has 6 nitrogen and oxygen atoms in total. The second kappa shape index (κ2) is 8.10. The molecule has 2 aromatic carbocycles. The van der Waals surface area contributed by atoms with E-state index in [0.29, 0.717) is 13.1 Å². The summed E-state index contributed by atoms with van der Waals surface area (Å²) in [4.78, 5) is 18.7. The molecule has 33 heavy (non-hydrogen) atoms. The molecule has 2 aliphatic carbocycles. The number of carboxylic acid groups (broad SMARTS) is 1. The number of carbonyl (C=O) groups is 1. The molecule has 0 bridgehead atoms. The number of anilines is 1. The van der Waals surface area contributed by atoms with Gasteiger partial charge in [0.1, 0.15) is 17.3 Å². The fraction of sp³-hybridized carbons (Fsp3) is 0.333. The van der Waals surface area contributed by atoms with Crippen molar-refractivity contribution in [2.45, 2.75) is 31.8 Å². The number of fused-ring (bicyclic) bond motifs is 3. The first-order valence-corrected chi connectivity index (χ1v) is 11.2. The number of hydrogen-bond donors (Lipinski definition) is 1. The smallest absolute Gasteiger partial charge is 0.307 e. The standard InChI is InChI=1S/C27H28N2O4/c1-27-22(25(27)26(30)31)12-19-13-24(28-14-23(19)27)29(15-17-4-8-20(32-2)9-5-17)16-18-6-10-21(33-3)11-7-18/h4-11,13-14,22,25H,12,15-16H2,1-3H3,(H,30,31). The number of pyridine rings is 1. The summed E-state index contributed by atoms with van der Waals surface area (Å²) in [5.74, 6) is 1.76. The zero-order valence-corrected chi connectivity index (χ0v) is 19.1. The first-order valence-electron chi connectivity index (χ1n) is 11.2. The monoisotopic (exact) mass is 444 g/mol. The molecule has 3 atom stereocenters. The number of ether oxygens (including phenoxy) is 2. The van der Waals surface area contributed by atoms with Crippen LogP contribution in [0.4, 0.5) is 5.82 Å². The van der Waals surface area contributed by atoms with E-state index < -0.39 is 5.97 Å². The van der Waals surface area contributed by atoms with Crippen molar-refractivity contribution in [3.63, 3.8) is 0 Å². The molecule has 5 rings (SSSR count). The van der Waals surface area contributed by atoms with Crippen LogP contribution in [0, 0.1) is 11.8 Å². The minimum Gasteiger partial charge on any atom is -0.497 e.